The van der Waals surface area contributed by atoms with Crippen LogP contribution in [0.3, 0.4) is 0 Å². The van der Waals surface area contributed by atoms with Crippen molar-refractivity contribution in [2.45, 2.75) is 37.0 Å². The fourth-order valence-corrected chi connectivity index (χ4v) is 3.82. The maximum absolute atomic E-state index is 10.6. The summed E-state index contributed by atoms with van der Waals surface area (Å²) in [4.78, 5) is 0. The lowest BCUT2D eigenvalue weighted by molar-refractivity contribution is -0.322. The van der Waals surface area contributed by atoms with Crippen molar-refractivity contribution >= 4 is 23.2 Å². The van der Waals surface area contributed by atoms with E-state index in [2.05, 4.69) is 0 Å². The summed E-state index contributed by atoms with van der Waals surface area (Å²) in [6.07, 6.45) is -4.74. The summed E-state index contributed by atoms with van der Waals surface area (Å²) in [5, 5.41) is 21.6. The first-order valence-electron chi connectivity index (χ1n) is 8.93. The van der Waals surface area contributed by atoms with Crippen LogP contribution < -0.4 is 0 Å². The SMILES string of the molecule is OC[C@H]1OC(c2cccc(Cl)c2)O[C@@H]2[C@H]1OC(c1cccc(Cl)c1)OC[C@@H]2O. The Hall–Kier alpha value is -1.22. The van der Waals surface area contributed by atoms with Crippen molar-refractivity contribution in [3.8, 4) is 0 Å². The number of fused-ring (bicyclic) bond motifs is 1. The maximum Gasteiger partial charge on any atom is 0.185 e. The molecule has 2 unspecified atom stereocenters. The average Bonchev–Trinajstić information content (AvgIpc) is 2.86. The third-order valence-electron chi connectivity index (χ3n) is 4.77. The van der Waals surface area contributed by atoms with Gasteiger partial charge in [-0.3, -0.25) is 0 Å². The van der Waals surface area contributed by atoms with Crippen LogP contribution in [-0.2, 0) is 18.9 Å². The first-order chi connectivity index (χ1) is 13.5. The molecule has 0 aliphatic carbocycles. The molecule has 6 nitrogen and oxygen atoms in total. The van der Waals surface area contributed by atoms with Crippen LogP contribution in [0.4, 0.5) is 0 Å². The summed E-state index contributed by atoms with van der Waals surface area (Å²) in [7, 11) is 0. The molecule has 2 fully saturated rings. The Bertz CT molecular complexity index is 775. The average molecular weight is 427 g/mol. The van der Waals surface area contributed by atoms with Crippen molar-refractivity contribution in [3.63, 3.8) is 0 Å². The number of aliphatic hydroxyl groups is 2. The smallest absolute Gasteiger partial charge is 0.185 e. The number of rotatable bonds is 3. The van der Waals surface area contributed by atoms with Crippen LogP contribution in [0, 0.1) is 0 Å². The molecule has 0 bridgehead atoms. The summed E-state index contributed by atoms with van der Waals surface area (Å²) in [5.74, 6) is 0. The van der Waals surface area contributed by atoms with Crippen LogP contribution in [0.25, 0.3) is 0 Å². The zero-order valence-electron chi connectivity index (χ0n) is 14.8. The zero-order valence-corrected chi connectivity index (χ0v) is 16.3. The van der Waals surface area contributed by atoms with Crippen molar-refractivity contribution in [2.75, 3.05) is 13.2 Å². The molecule has 4 rings (SSSR count). The van der Waals surface area contributed by atoms with Gasteiger partial charge in [0.15, 0.2) is 12.6 Å². The molecular formula is C20H20Cl2O6. The van der Waals surface area contributed by atoms with Gasteiger partial charge >= 0.3 is 0 Å². The van der Waals surface area contributed by atoms with Crippen molar-refractivity contribution in [2.24, 2.45) is 0 Å². The van der Waals surface area contributed by atoms with Crippen LogP contribution in [-0.4, -0.2) is 47.8 Å². The Morgan fingerprint density at radius 3 is 2.07 bits per heavy atom. The second-order valence-electron chi connectivity index (χ2n) is 6.73. The Morgan fingerprint density at radius 2 is 1.46 bits per heavy atom. The van der Waals surface area contributed by atoms with Gasteiger partial charge in [-0.1, -0.05) is 47.5 Å². The largest absolute Gasteiger partial charge is 0.394 e. The van der Waals surface area contributed by atoms with Gasteiger partial charge in [-0.2, -0.15) is 0 Å². The Kier molecular flexibility index (Phi) is 6.20. The molecule has 6 atom stereocenters. The lowest BCUT2D eigenvalue weighted by Crippen LogP contribution is -2.54. The van der Waals surface area contributed by atoms with E-state index in [1.54, 1.807) is 42.5 Å². The highest BCUT2D eigenvalue weighted by Crippen LogP contribution is 2.38. The first kappa shape index (κ1) is 20.1. The van der Waals surface area contributed by atoms with Gasteiger partial charge in [-0.25, -0.2) is 0 Å². The molecule has 150 valence electrons. The Balaban J connectivity index is 1.60. The Morgan fingerprint density at radius 1 is 0.857 bits per heavy atom. The number of hydrogen-bond donors (Lipinski definition) is 2. The third-order valence-corrected chi connectivity index (χ3v) is 5.24. The van der Waals surface area contributed by atoms with E-state index in [1.165, 1.54) is 0 Å². The van der Waals surface area contributed by atoms with E-state index >= 15 is 0 Å². The maximum atomic E-state index is 10.6. The molecule has 2 saturated heterocycles. The molecule has 28 heavy (non-hydrogen) atoms. The summed E-state index contributed by atoms with van der Waals surface area (Å²) in [5.41, 5.74) is 1.39. The normalized spacial score (nSPS) is 33.1. The molecule has 0 aromatic heterocycles. The van der Waals surface area contributed by atoms with Crippen LogP contribution in [0.15, 0.2) is 48.5 Å². The van der Waals surface area contributed by atoms with E-state index in [0.29, 0.717) is 21.2 Å². The fourth-order valence-electron chi connectivity index (χ4n) is 3.42. The lowest BCUT2D eigenvalue weighted by atomic mass is 10.0. The molecular weight excluding hydrogens is 407 g/mol. The number of halogens is 2. The number of ether oxygens (including phenoxy) is 4. The van der Waals surface area contributed by atoms with Crippen LogP contribution in [0.2, 0.25) is 10.0 Å². The summed E-state index contributed by atoms with van der Waals surface area (Å²) < 4.78 is 23.7. The summed E-state index contributed by atoms with van der Waals surface area (Å²) in [6, 6.07) is 14.1. The molecule has 2 N–H and O–H groups in total. The van der Waals surface area contributed by atoms with E-state index in [4.69, 9.17) is 42.1 Å². The second kappa shape index (κ2) is 8.65. The predicted octanol–water partition coefficient (Wildman–Crippen LogP) is 3.24. The van der Waals surface area contributed by atoms with Gasteiger partial charge in [-0.15, -0.1) is 0 Å². The standard InChI is InChI=1S/C20H20Cl2O6/c21-13-5-1-3-11(7-13)19-25-10-15(24)17-18(28-19)16(9-23)26-20(27-17)12-4-2-6-14(22)8-12/h1-8,15-20,23-24H,9-10H2/t15-,16+,17-,18-,19?,20?/m0/s1. The van der Waals surface area contributed by atoms with E-state index in [9.17, 15) is 10.2 Å². The van der Waals surface area contributed by atoms with Crippen LogP contribution in [0.5, 0.6) is 0 Å². The molecule has 8 heteroatoms. The zero-order chi connectivity index (χ0) is 19.7. The summed E-state index contributed by atoms with van der Waals surface area (Å²) in [6.45, 7) is -0.310. The topological polar surface area (TPSA) is 77.4 Å². The lowest BCUT2D eigenvalue weighted by Gasteiger charge is -2.41. The van der Waals surface area contributed by atoms with Gasteiger partial charge in [0, 0.05) is 21.2 Å². The second-order valence-corrected chi connectivity index (χ2v) is 7.61. The molecule has 2 heterocycles. The van der Waals surface area contributed by atoms with Crippen LogP contribution in [0.1, 0.15) is 23.7 Å². The highest BCUT2D eigenvalue weighted by Gasteiger charge is 2.47. The number of benzene rings is 2. The van der Waals surface area contributed by atoms with E-state index in [0.717, 1.165) is 0 Å². The predicted molar refractivity (Wildman–Crippen MR) is 102 cm³/mol. The van der Waals surface area contributed by atoms with Crippen molar-refractivity contribution in [3.05, 3.63) is 69.7 Å². The molecule has 0 saturated carbocycles. The monoisotopic (exact) mass is 426 g/mol. The quantitative estimate of drug-likeness (QED) is 0.784. The molecule has 2 aliphatic heterocycles. The summed E-state index contributed by atoms with van der Waals surface area (Å²) >= 11 is 12.1. The highest BCUT2D eigenvalue weighted by molar-refractivity contribution is 6.30. The number of hydrogen-bond acceptors (Lipinski definition) is 6. The first-order valence-corrected chi connectivity index (χ1v) is 9.68. The molecule has 2 aliphatic rings. The molecule has 0 amide bonds. The van der Waals surface area contributed by atoms with Gasteiger partial charge in [0.25, 0.3) is 0 Å². The number of aliphatic hydroxyl groups excluding tert-OH is 2. The minimum atomic E-state index is -0.964. The fraction of sp³-hybridized carbons (Fsp3) is 0.400. The van der Waals surface area contributed by atoms with Crippen molar-refractivity contribution in [1.29, 1.82) is 0 Å². The minimum Gasteiger partial charge on any atom is -0.394 e. The van der Waals surface area contributed by atoms with Gasteiger partial charge in [0.1, 0.15) is 24.4 Å². The van der Waals surface area contributed by atoms with Gasteiger partial charge in [0.05, 0.1) is 13.2 Å². The molecule has 2 aromatic carbocycles. The van der Waals surface area contributed by atoms with Gasteiger partial charge < -0.3 is 29.2 Å². The molecule has 0 spiro atoms. The van der Waals surface area contributed by atoms with Gasteiger partial charge in [-0.05, 0) is 24.3 Å². The van der Waals surface area contributed by atoms with E-state index in [-0.39, 0.29) is 13.2 Å². The van der Waals surface area contributed by atoms with Gasteiger partial charge in [0.2, 0.25) is 0 Å². The molecule has 2 aromatic rings. The van der Waals surface area contributed by atoms with E-state index in [1.807, 2.05) is 6.07 Å². The highest BCUT2D eigenvalue weighted by atomic mass is 35.5. The third kappa shape index (κ3) is 4.20. The Labute approximate surface area is 172 Å². The molecule has 0 radical (unpaired) electrons. The van der Waals surface area contributed by atoms with E-state index < -0.39 is 37.0 Å². The van der Waals surface area contributed by atoms with Crippen molar-refractivity contribution in [1.82, 2.24) is 0 Å². The van der Waals surface area contributed by atoms with Crippen molar-refractivity contribution < 1.29 is 29.2 Å². The minimum absolute atomic E-state index is 0.00123. The van der Waals surface area contributed by atoms with Crippen LogP contribution >= 0.6 is 23.2 Å².